The SMILES string of the molecule is COC/C(=C/C#N)C(C)C. The van der Waals surface area contributed by atoms with Gasteiger partial charge in [0.25, 0.3) is 0 Å². The largest absolute Gasteiger partial charge is 0.380 e. The van der Waals surface area contributed by atoms with Gasteiger partial charge < -0.3 is 4.74 Å². The first-order valence-corrected chi connectivity index (χ1v) is 3.29. The Bertz CT molecular complexity index is 153. The highest BCUT2D eigenvalue weighted by Gasteiger charge is 2.00. The lowest BCUT2D eigenvalue weighted by Crippen LogP contribution is -2.01. The summed E-state index contributed by atoms with van der Waals surface area (Å²) in [6.45, 7) is 4.65. The number of hydrogen-bond donors (Lipinski definition) is 0. The maximum absolute atomic E-state index is 8.33. The predicted octanol–water partition coefficient (Wildman–Crippen LogP) is 1.74. The lowest BCUT2D eigenvalue weighted by atomic mass is 10.0. The summed E-state index contributed by atoms with van der Waals surface area (Å²) < 4.78 is 4.90. The summed E-state index contributed by atoms with van der Waals surface area (Å²) in [6.07, 6.45) is 1.55. The first kappa shape index (κ1) is 9.19. The van der Waals surface area contributed by atoms with Gasteiger partial charge in [-0.1, -0.05) is 13.8 Å². The number of ether oxygens (including phenoxy) is 1. The molecule has 2 heteroatoms. The molecule has 0 unspecified atom stereocenters. The van der Waals surface area contributed by atoms with Gasteiger partial charge in [-0.05, 0) is 11.5 Å². The van der Waals surface area contributed by atoms with Gasteiger partial charge in [-0.3, -0.25) is 0 Å². The van der Waals surface area contributed by atoms with E-state index in [1.54, 1.807) is 13.2 Å². The van der Waals surface area contributed by atoms with Gasteiger partial charge in [0.05, 0.1) is 12.7 Å². The lowest BCUT2D eigenvalue weighted by Gasteiger charge is -2.07. The molecular weight excluding hydrogens is 126 g/mol. The molecule has 0 aliphatic rings. The maximum atomic E-state index is 8.33. The van der Waals surface area contributed by atoms with Gasteiger partial charge in [-0.2, -0.15) is 5.26 Å². The molecule has 0 saturated carbocycles. The third kappa shape index (κ3) is 3.26. The van der Waals surface area contributed by atoms with Crippen molar-refractivity contribution in [2.45, 2.75) is 13.8 Å². The van der Waals surface area contributed by atoms with Crippen molar-refractivity contribution in [3.05, 3.63) is 11.6 Å². The molecule has 10 heavy (non-hydrogen) atoms. The Morgan fingerprint density at radius 2 is 2.30 bits per heavy atom. The Balaban J connectivity index is 4.01. The van der Waals surface area contributed by atoms with Gasteiger partial charge in [0.2, 0.25) is 0 Å². The highest BCUT2D eigenvalue weighted by atomic mass is 16.5. The van der Waals surface area contributed by atoms with E-state index >= 15 is 0 Å². The maximum Gasteiger partial charge on any atom is 0.0912 e. The first-order chi connectivity index (χ1) is 4.72. The molecule has 0 aromatic rings. The molecule has 0 saturated heterocycles. The molecule has 0 amide bonds. The Labute approximate surface area is 62.1 Å². The van der Waals surface area contributed by atoms with E-state index in [0.717, 1.165) is 5.57 Å². The molecule has 0 bridgehead atoms. The third-order valence-electron chi connectivity index (χ3n) is 1.30. The summed E-state index contributed by atoms with van der Waals surface area (Å²) >= 11 is 0. The third-order valence-corrected chi connectivity index (χ3v) is 1.30. The average molecular weight is 139 g/mol. The van der Waals surface area contributed by atoms with Crippen molar-refractivity contribution in [2.24, 2.45) is 5.92 Å². The van der Waals surface area contributed by atoms with Crippen LogP contribution in [-0.2, 0) is 4.74 Å². The van der Waals surface area contributed by atoms with Crippen LogP contribution in [0.2, 0.25) is 0 Å². The predicted molar refractivity (Wildman–Crippen MR) is 40.4 cm³/mol. The van der Waals surface area contributed by atoms with Crippen molar-refractivity contribution in [1.82, 2.24) is 0 Å². The van der Waals surface area contributed by atoms with Gasteiger partial charge in [0, 0.05) is 13.2 Å². The van der Waals surface area contributed by atoms with Crippen molar-refractivity contribution in [1.29, 1.82) is 5.26 Å². The smallest absolute Gasteiger partial charge is 0.0912 e. The summed E-state index contributed by atoms with van der Waals surface area (Å²) in [7, 11) is 1.63. The zero-order valence-electron chi connectivity index (χ0n) is 6.72. The van der Waals surface area contributed by atoms with E-state index in [2.05, 4.69) is 0 Å². The highest BCUT2D eigenvalue weighted by molar-refractivity contribution is 5.15. The van der Waals surface area contributed by atoms with Crippen LogP contribution in [0.15, 0.2) is 11.6 Å². The van der Waals surface area contributed by atoms with Crippen molar-refractivity contribution < 1.29 is 4.74 Å². The second kappa shape index (κ2) is 5.01. The van der Waals surface area contributed by atoms with E-state index in [0.29, 0.717) is 12.5 Å². The normalized spacial score (nSPS) is 11.7. The summed E-state index contributed by atoms with van der Waals surface area (Å²) in [6, 6.07) is 1.99. The number of methoxy groups -OCH3 is 1. The van der Waals surface area contributed by atoms with Gasteiger partial charge in [-0.25, -0.2) is 0 Å². The summed E-state index contributed by atoms with van der Waals surface area (Å²) in [5.41, 5.74) is 1.05. The highest BCUT2D eigenvalue weighted by Crippen LogP contribution is 2.08. The molecule has 0 atom stereocenters. The molecule has 0 aliphatic heterocycles. The number of rotatable bonds is 3. The van der Waals surface area contributed by atoms with Gasteiger partial charge >= 0.3 is 0 Å². The van der Waals surface area contributed by atoms with Crippen LogP contribution in [0, 0.1) is 17.2 Å². The van der Waals surface area contributed by atoms with E-state index in [4.69, 9.17) is 10.00 Å². The second-order valence-electron chi connectivity index (χ2n) is 2.44. The fourth-order valence-corrected chi connectivity index (χ4v) is 0.625. The van der Waals surface area contributed by atoms with Crippen molar-refractivity contribution in [3.8, 4) is 6.07 Å². The monoisotopic (exact) mass is 139 g/mol. The summed E-state index contributed by atoms with van der Waals surface area (Å²) in [5.74, 6) is 0.402. The fourth-order valence-electron chi connectivity index (χ4n) is 0.625. The van der Waals surface area contributed by atoms with Crippen LogP contribution in [0.3, 0.4) is 0 Å². The molecule has 0 spiro atoms. The molecule has 0 aromatic heterocycles. The lowest BCUT2D eigenvalue weighted by molar-refractivity contribution is 0.218. The average Bonchev–Trinajstić information content (AvgIpc) is 1.87. The number of allylic oxidation sites excluding steroid dienone is 1. The Hall–Kier alpha value is -0.810. The first-order valence-electron chi connectivity index (χ1n) is 3.29. The van der Waals surface area contributed by atoms with E-state index in [-0.39, 0.29) is 0 Å². The molecule has 0 rings (SSSR count). The minimum atomic E-state index is 0.402. The minimum absolute atomic E-state index is 0.402. The molecule has 56 valence electrons. The molecule has 0 radical (unpaired) electrons. The Morgan fingerprint density at radius 3 is 2.60 bits per heavy atom. The van der Waals surface area contributed by atoms with Crippen LogP contribution in [0.1, 0.15) is 13.8 Å². The molecule has 0 heterocycles. The van der Waals surface area contributed by atoms with Crippen LogP contribution in [-0.4, -0.2) is 13.7 Å². The van der Waals surface area contributed by atoms with Gasteiger partial charge in [-0.15, -0.1) is 0 Å². The number of hydrogen-bond acceptors (Lipinski definition) is 2. The van der Waals surface area contributed by atoms with Crippen LogP contribution >= 0.6 is 0 Å². The Kier molecular flexibility index (Phi) is 4.61. The second-order valence-corrected chi connectivity index (χ2v) is 2.44. The molecule has 0 aromatic carbocycles. The Morgan fingerprint density at radius 1 is 1.70 bits per heavy atom. The molecule has 0 fully saturated rings. The van der Waals surface area contributed by atoms with Crippen LogP contribution in [0.5, 0.6) is 0 Å². The van der Waals surface area contributed by atoms with Crippen molar-refractivity contribution in [3.63, 3.8) is 0 Å². The van der Waals surface area contributed by atoms with Crippen LogP contribution in [0.4, 0.5) is 0 Å². The molecule has 0 aliphatic carbocycles. The topological polar surface area (TPSA) is 33.0 Å². The minimum Gasteiger partial charge on any atom is -0.380 e. The van der Waals surface area contributed by atoms with Gasteiger partial charge in [0.15, 0.2) is 0 Å². The van der Waals surface area contributed by atoms with E-state index < -0.39 is 0 Å². The van der Waals surface area contributed by atoms with Crippen molar-refractivity contribution >= 4 is 0 Å². The van der Waals surface area contributed by atoms with E-state index in [1.807, 2.05) is 19.9 Å². The molecule has 2 nitrogen and oxygen atoms in total. The number of nitrogens with zero attached hydrogens (tertiary/aromatic N) is 1. The standard InChI is InChI=1S/C8H13NO/c1-7(2)8(4-5-9)6-10-3/h4,7H,6H2,1-3H3/b8-4-. The summed E-state index contributed by atoms with van der Waals surface area (Å²) in [4.78, 5) is 0. The van der Waals surface area contributed by atoms with E-state index in [9.17, 15) is 0 Å². The quantitative estimate of drug-likeness (QED) is 0.558. The fraction of sp³-hybridized carbons (Fsp3) is 0.625. The van der Waals surface area contributed by atoms with Crippen molar-refractivity contribution in [2.75, 3.05) is 13.7 Å². The number of nitriles is 1. The molecular formula is C8H13NO. The van der Waals surface area contributed by atoms with Gasteiger partial charge in [0.1, 0.15) is 0 Å². The zero-order valence-corrected chi connectivity index (χ0v) is 6.72. The summed E-state index contributed by atoms with van der Waals surface area (Å²) in [5, 5.41) is 8.33. The van der Waals surface area contributed by atoms with E-state index in [1.165, 1.54) is 0 Å². The van der Waals surface area contributed by atoms with Crippen LogP contribution < -0.4 is 0 Å². The zero-order chi connectivity index (χ0) is 7.98. The molecule has 0 N–H and O–H groups in total. The van der Waals surface area contributed by atoms with Crippen LogP contribution in [0.25, 0.3) is 0 Å².